The summed E-state index contributed by atoms with van der Waals surface area (Å²) in [7, 11) is 0. The summed E-state index contributed by atoms with van der Waals surface area (Å²) < 4.78 is 2.43. The number of fused-ring (bicyclic) bond motifs is 5. The molecule has 46 heavy (non-hydrogen) atoms. The lowest BCUT2D eigenvalue weighted by molar-refractivity contribution is 1.07. The molecule has 0 amide bonds. The van der Waals surface area contributed by atoms with Crippen LogP contribution >= 0.6 is 22.9 Å². The van der Waals surface area contributed by atoms with Gasteiger partial charge >= 0.3 is 0 Å². The third-order valence-electron chi connectivity index (χ3n) is 8.63. The van der Waals surface area contributed by atoms with Crippen molar-refractivity contribution in [2.75, 3.05) is 0 Å². The van der Waals surface area contributed by atoms with Crippen LogP contribution in [0.5, 0.6) is 0 Å². The first-order valence-corrected chi connectivity index (χ1v) is 16.3. The van der Waals surface area contributed by atoms with Gasteiger partial charge in [0, 0.05) is 31.3 Å². The van der Waals surface area contributed by atoms with E-state index in [1.165, 1.54) is 47.5 Å². The molecule has 0 bridgehead atoms. The van der Waals surface area contributed by atoms with E-state index in [-0.39, 0.29) is 5.28 Å². The van der Waals surface area contributed by atoms with E-state index < -0.39 is 0 Å². The summed E-state index contributed by atoms with van der Waals surface area (Å²) in [5.74, 6) is 1.12. The summed E-state index contributed by atoms with van der Waals surface area (Å²) in [6.45, 7) is 0. The molecule has 0 radical (unpaired) electrons. The molecule has 2 aromatic heterocycles. The van der Waals surface area contributed by atoms with Gasteiger partial charge in [-0.15, -0.1) is 11.3 Å². The fourth-order valence-electron chi connectivity index (χ4n) is 6.37. The number of aromatic nitrogens is 3. The summed E-state index contributed by atoms with van der Waals surface area (Å²) in [5, 5.41) is 7.39. The molecule has 0 saturated carbocycles. The molecule has 3 nitrogen and oxygen atoms in total. The first-order chi connectivity index (χ1) is 22.7. The molecule has 216 valence electrons. The molecule has 9 aromatic rings. The maximum atomic E-state index is 6.55. The predicted molar refractivity (Wildman–Crippen MR) is 194 cm³/mol. The highest BCUT2D eigenvalue weighted by molar-refractivity contribution is 7.25. The lowest BCUT2D eigenvalue weighted by atomic mass is 9.96. The fourth-order valence-corrected chi connectivity index (χ4v) is 7.67. The monoisotopic (exact) mass is 625 g/mol. The Morgan fingerprint density at radius 2 is 1.00 bits per heavy atom. The van der Waals surface area contributed by atoms with Crippen LogP contribution in [0.4, 0.5) is 0 Å². The summed E-state index contributed by atoms with van der Waals surface area (Å²) in [5.41, 5.74) is 6.45. The highest BCUT2D eigenvalue weighted by Gasteiger charge is 2.16. The first-order valence-electron chi connectivity index (χ1n) is 15.1. The fraction of sp³-hybridized carbons (Fsp3) is 0. The minimum absolute atomic E-state index is 0.175. The van der Waals surface area contributed by atoms with Gasteiger partial charge in [-0.1, -0.05) is 109 Å². The highest BCUT2D eigenvalue weighted by atomic mass is 35.5. The number of benzene rings is 7. The molecular formula is C41H24ClN3S. The van der Waals surface area contributed by atoms with Gasteiger partial charge in [0.25, 0.3) is 0 Å². The Bertz CT molecular complexity index is 2620. The average Bonchev–Trinajstić information content (AvgIpc) is 3.50. The summed E-state index contributed by atoms with van der Waals surface area (Å²) >= 11 is 8.32. The molecular weight excluding hydrogens is 602 g/mol. The first kappa shape index (κ1) is 26.9. The molecule has 9 rings (SSSR count). The zero-order valence-corrected chi connectivity index (χ0v) is 26.1. The van der Waals surface area contributed by atoms with E-state index in [2.05, 4.69) is 143 Å². The Hall–Kier alpha value is -5.42. The van der Waals surface area contributed by atoms with Crippen molar-refractivity contribution in [1.82, 2.24) is 15.0 Å². The minimum atomic E-state index is 0.175. The van der Waals surface area contributed by atoms with E-state index >= 15 is 0 Å². The molecule has 0 saturated heterocycles. The van der Waals surface area contributed by atoms with E-state index in [4.69, 9.17) is 16.6 Å². The van der Waals surface area contributed by atoms with Crippen molar-refractivity contribution >= 4 is 64.7 Å². The van der Waals surface area contributed by atoms with Crippen molar-refractivity contribution < 1.29 is 0 Å². The summed E-state index contributed by atoms with van der Waals surface area (Å²) in [6.07, 6.45) is 0. The van der Waals surface area contributed by atoms with Crippen LogP contribution in [0.15, 0.2) is 146 Å². The van der Waals surface area contributed by atoms with Crippen molar-refractivity contribution in [1.29, 1.82) is 0 Å². The molecule has 0 unspecified atom stereocenters. The van der Waals surface area contributed by atoms with Crippen LogP contribution < -0.4 is 0 Å². The Labute approximate surface area is 274 Å². The second-order valence-corrected chi connectivity index (χ2v) is 12.9. The number of hydrogen-bond donors (Lipinski definition) is 0. The smallest absolute Gasteiger partial charge is 0.208 e. The Morgan fingerprint density at radius 1 is 0.413 bits per heavy atom. The molecule has 0 fully saturated rings. The maximum Gasteiger partial charge on any atom is 0.226 e. The van der Waals surface area contributed by atoms with Crippen LogP contribution in [0.1, 0.15) is 0 Å². The van der Waals surface area contributed by atoms with Gasteiger partial charge in [0.1, 0.15) is 0 Å². The van der Waals surface area contributed by atoms with Crippen molar-refractivity contribution in [3.8, 4) is 45.0 Å². The molecule has 2 heterocycles. The maximum absolute atomic E-state index is 6.55. The van der Waals surface area contributed by atoms with E-state index in [1.807, 2.05) is 12.1 Å². The zero-order valence-electron chi connectivity index (χ0n) is 24.5. The van der Waals surface area contributed by atoms with E-state index in [0.29, 0.717) is 11.6 Å². The number of thiophene rings is 1. The molecule has 0 spiro atoms. The number of halogens is 1. The van der Waals surface area contributed by atoms with Gasteiger partial charge in [-0.3, -0.25) is 0 Å². The van der Waals surface area contributed by atoms with Crippen molar-refractivity contribution in [3.63, 3.8) is 0 Å². The third kappa shape index (κ3) is 4.71. The van der Waals surface area contributed by atoms with E-state index in [1.54, 1.807) is 11.3 Å². The SMILES string of the molecule is Clc1nc(-c2cccc(-c3ccc4ccc(-c5ccc6ccccc6c5)cc4c3)c2)nc(-c2cccc3sc4ccccc4c23)n1. The van der Waals surface area contributed by atoms with E-state index in [9.17, 15) is 0 Å². The Morgan fingerprint density at radius 3 is 1.80 bits per heavy atom. The lowest BCUT2D eigenvalue weighted by Gasteiger charge is -2.10. The molecule has 0 N–H and O–H groups in total. The second kappa shape index (κ2) is 10.9. The topological polar surface area (TPSA) is 38.7 Å². The second-order valence-electron chi connectivity index (χ2n) is 11.4. The Kier molecular flexibility index (Phi) is 6.37. The Balaban J connectivity index is 1.11. The van der Waals surface area contributed by atoms with E-state index in [0.717, 1.165) is 27.6 Å². The largest absolute Gasteiger partial charge is 0.226 e. The highest BCUT2D eigenvalue weighted by Crippen LogP contribution is 2.39. The van der Waals surface area contributed by atoms with Crippen molar-refractivity contribution in [2.24, 2.45) is 0 Å². The molecule has 0 aliphatic rings. The van der Waals surface area contributed by atoms with Gasteiger partial charge in [0.15, 0.2) is 11.6 Å². The quantitative estimate of drug-likeness (QED) is 0.195. The molecule has 5 heteroatoms. The lowest BCUT2D eigenvalue weighted by Crippen LogP contribution is -1.97. The van der Waals surface area contributed by atoms with Gasteiger partial charge in [-0.2, -0.15) is 9.97 Å². The number of nitrogens with zero attached hydrogens (tertiary/aromatic N) is 3. The standard InChI is InChI=1S/C41H24ClN3S/c42-41-44-39(43-40(45-41)35-12-6-14-37-38(35)34-11-3-4-13-36(34)46-37)32-10-5-9-28(22-32)30-19-16-26-17-20-31(24-33(26)23-30)29-18-15-25-7-1-2-8-27(25)21-29/h1-24H. The zero-order chi connectivity index (χ0) is 30.6. The van der Waals surface area contributed by atoms with Crippen LogP contribution in [0, 0.1) is 0 Å². The number of rotatable bonds is 4. The molecule has 7 aromatic carbocycles. The van der Waals surface area contributed by atoms with Crippen LogP contribution in [0.3, 0.4) is 0 Å². The van der Waals surface area contributed by atoms with Crippen LogP contribution in [0.2, 0.25) is 5.28 Å². The summed E-state index contributed by atoms with van der Waals surface area (Å²) in [6, 6.07) is 51.5. The van der Waals surface area contributed by atoms with Crippen LogP contribution in [0.25, 0.3) is 86.7 Å². The van der Waals surface area contributed by atoms with Gasteiger partial charge in [0.05, 0.1) is 0 Å². The number of hydrogen-bond acceptors (Lipinski definition) is 4. The van der Waals surface area contributed by atoms with Crippen molar-refractivity contribution in [2.45, 2.75) is 0 Å². The predicted octanol–water partition coefficient (Wildman–Crippen LogP) is 11.9. The average molecular weight is 626 g/mol. The molecule has 0 aliphatic heterocycles. The van der Waals surface area contributed by atoms with Gasteiger partial charge in [0.2, 0.25) is 5.28 Å². The van der Waals surface area contributed by atoms with Crippen molar-refractivity contribution in [3.05, 3.63) is 151 Å². The van der Waals surface area contributed by atoms with Gasteiger partial charge in [-0.25, -0.2) is 4.98 Å². The minimum Gasteiger partial charge on any atom is -0.208 e. The molecule has 0 atom stereocenters. The molecule has 0 aliphatic carbocycles. The van der Waals surface area contributed by atoms with Gasteiger partial charge < -0.3 is 0 Å². The van der Waals surface area contributed by atoms with Crippen LogP contribution in [-0.2, 0) is 0 Å². The summed E-state index contributed by atoms with van der Waals surface area (Å²) in [4.78, 5) is 14.1. The van der Waals surface area contributed by atoms with Gasteiger partial charge in [-0.05, 0) is 91.8 Å². The normalized spacial score (nSPS) is 11.6. The van der Waals surface area contributed by atoms with Crippen LogP contribution in [-0.4, -0.2) is 15.0 Å². The third-order valence-corrected chi connectivity index (χ3v) is 9.93.